The van der Waals surface area contributed by atoms with Crippen molar-refractivity contribution in [1.29, 1.82) is 0 Å². The number of carboxylic acid groups (broad SMARTS) is 1. The lowest BCUT2D eigenvalue weighted by Crippen LogP contribution is -2.53. The van der Waals surface area contributed by atoms with Crippen LogP contribution in [-0.2, 0) is 16.1 Å². The Hall–Kier alpha value is -2.64. The summed E-state index contributed by atoms with van der Waals surface area (Å²) in [6.45, 7) is 3.34. The van der Waals surface area contributed by atoms with Gasteiger partial charge in [-0.3, -0.25) is 4.79 Å². The van der Waals surface area contributed by atoms with Gasteiger partial charge in [-0.05, 0) is 11.5 Å². The molecular formula is C18H24FN3O4. The fourth-order valence-corrected chi connectivity index (χ4v) is 2.82. The van der Waals surface area contributed by atoms with E-state index in [0.29, 0.717) is 6.54 Å². The SMILES string of the molecule is CC(C)C(NC(=O)NCc1ccccc1)C(=O)N1CCC(F)(C(=O)O)C1. The van der Waals surface area contributed by atoms with Crippen molar-refractivity contribution >= 4 is 17.9 Å². The first-order chi connectivity index (χ1) is 12.2. The topological polar surface area (TPSA) is 98.7 Å². The molecule has 142 valence electrons. The number of carboxylic acids is 1. The molecule has 1 aromatic rings. The molecule has 3 N–H and O–H groups in total. The van der Waals surface area contributed by atoms with Gasteiger partial charge in [0, 0.05) is 19.5 Å². The monoisotopic (exact) mass is 365 g/mol. The van der Waals surface area contributed by atoms with Crippen molar-refractivity contribution in [3.8, 4) is 0 Å². The van der Waals surface area contributed by atoms with Crippen molar-refractivity contribution < 1.29 is 23.9 Å². The number of likely N-dealkylation sites (tertiary alicyclic amines) is 1. The van der Waals surface area contributed by atoms with E-state index in [1.54, 1.807) is 13.8 Å². The molecule has 26 heavy (non-hydrogen) atoms. The molecule has 2 atom stereocenters. The van der Waals surface area contributed by atoms with Crippen molar-refractivity contribution in [2.24, 2.45) is 5.92 Å². The Morgan fingerprint density at radius 3 is 2.46 bits per heavy atom. The van der Waals surface area contributed by atoms with E-state index >= 15 is 0 Å². The van der Waals surface area contributed by atoms with Crippen LogP contribution in [-0.4, -0.2) is 52.7 Å². The summed E-state index contributed by atoms with van der Waals surface area (Å²) in [5, 5.41) is 14.2. The van der Waals surface area contributed by atoms with Gasteiger partial charge in [-0.2, -0.15) is 0 Å². The Bertz CT molecular complexity index is 668. The second kappa shape index (κ2) is 8.16. The van der Waals surface area contributed by atoms with Gasteiger partial charge in [-0.1, -0.05) is 44.2 Å². The third kappa shape index (κ3) is 4.71. The molecule has 0 bridgehead atoms. The highest BCUT2D eigenvalue weighted by molar-refractivity contribution is 5.89. The van der Waals surface area contributed by atoms with Gasteiger partial charge >= 0.3 is 12.0 Å². The molecule has 0 aliphatic carbocycles. The van der Waals surface area contributed by atoms with Crippen LogP contribution in [0.5, 0.6) is 0 Å². The molecule has 3 amide bonds. The molecule has 0 aromatic heterocycles. The van der Waals surface area contributed by atoms with E-state index in [2.05, 4.69) is 10.6 Å². The molecule has 7 nitrogen and oxygen atoms in total. The van der Waals surface area contributed by atoms with Gasteiger partial charge in [0.2, 0.25) is 11.6 Å². The molecule has 8 heteroatoms. The molecule has 0 saturated carbocycles. The summed E-state index contributed by atoms with van der Waals surface area (Å²) in [6, 6.07) is 7.94. The summed E-state index contributed by atoms with van der Waals surface area (Å²) in [4.78, 5) is 36.9. The third-order valence-electron chi connectivity index (χ3n) is 4.43. The largest absolute Gasteiger partial charge is 0.479 e. The number of benzene rings is 1. The average Bonchev–Trinajstić information content (AvgIpc) is 3.02. The van der Waals surface area contributed by atoms with Gasteiger partial charge in [0.25, 0.3) is 0 Å². The Morgan fingerprint density at radius 1 is 1.27 bits per heavy atom. The molecule has 1 fully saturated rings. The number of nitrogens with one attached hydrogen (secondary N) is 2. The van der Waals surface area contributed by atoms with Crippen LogP contribution in [0.15, 0.2) is 30.3 Å². The highest BCUT2D eigenvalue weighted by Crippen LogP contribution is 2.27. The van der Waals surface area contributed by atoms with Crippen molar-refractivity contribution in [3.63, 3.8) is 0 Å². The number of hydrogen-bond acceptors (Lipinski definition) is 3. The fourth-order valence-electron chi connectivity index (χ4n) is 2.82. The lowest BCUT2D eigenvalue weighted by Gasteiger charge is -2.27. The zero-order chi connectivity index (χ0) is 19.3. The summed E-state index contributed by atoms with van der Waals surface area (Å²) in [7, 11) is 0. The maximum absolute atomic E-state index is 14.2. The molecule has 2 rings (SSSR count). The normalized spacial score (nSPS) is 20.7. The van der Waals surface area contributed by atoms with Crippen LogP contribution >= 0.6 is 0 Å². The Labute approximate surface area is 151 Å². The van der Waals surface area contributed by atoms with Crippen LogP contribution in [0.2, 0.25) is 0 Å². The lowest BCUT2D eigenvalue weighted by atomic mass is 10.0. The minimum absolute atomic E-state index is 0.0121. The Morgan fingerprint density at radius 2 is 1.92 bits per heavy atom. The van der Waals surface area contributed by atoms with Crippen molar-refractivity contribution in [3.05, 3.63) is 35.9 Å². The highest BCUT2D eigenvalue weighted by Gasteiger charge is 2.48. The minimum Gasteiger partial charge on any atom is -0.479 e. The van der Waals surface area contributed by atoms with E-state index < -0.39 is 36.2 Å². The number of urea groups is 1. The van der Waals surface area contributed by atoms with E-state index in [1.165, 1.54) is 0 Å². The van der Waals surface area contributed by atoms with Crippen LogP contribution in [0.4, 0.5) is 9.18 Å². The van der Waals surface area contributed by atoms with Crippen molar-refractivity contribution in [2.45, 2.75) is 38.5 Å². The van der Waals surface area contributed by atoms with Crippen LogP contribution in [0.1, 0.15) is 25.8 Å². The number of alkyl halides is 1. The smallest absolute Gasteiger partial charge is 0.343 e. The van der Waals surface area contributed by atoms with Gasteiger partial charge in [-0.15, -0.1) is 0 Å². The molecule has 1 aromatic carbocycles. The summed E-state index contributed by atoms with van der Waals surface area (Å²) < 4.78 is 14.2. The highest BCUT2D eigenvalue weighted by atomic mass is 19.1. The minimum atomic E-state index is -2.42. The van der Waals surface area contributed by atoms with Crippen LogP contribution < -0.4 is 10.6 Å². The van der Waals surface area contributed by atoms with Crippen molar-refractivity contribution in [1.82, 2.24) is 15.5 Å². The molecule has 1 saturated heterocycles. The first-order valence-electron chi connectivity index (χ1n) is 8.52. The summed E-state index contributed by atoms with van der Waals surface area (Å²) in [6.07, 6.45) is -0.251. The number of aliphatic carboxylic acids is 1. The number of hydrogen-bond donors (Lipinski definition) is 3. The second-order valence-electron chi connectivity index (χ2n) is 6.81. The predicted molar refractivity (Wildman–Crippen MR) is 93.1 cm³/mol. The Kier molecular flexibility index (Phi) is 6.18. The standard InChI is InChI=1S/C18H24FN3O4/c1-12(2)14(15(23)22-9-8-18(19,11-22)16(24)25)21-17(26)20-10-13-6-4-3-5-7-13/h3-7,12,14H,8-11H2,1-2H3,(H,24,25)(H2,20,21,26). The van der Waals surface area contributed by atoms with Crippen LogP contribution in [0.3, 0.4) is 0 Å². The number of rotatable bonds is 6. The Balaban J connectivity index is 1.94. The van der Waals surface area contributed by atoms with E-state index in [1.807, 2.05) is 30.3 Å². The summed E-state index contributed by atoms with van der Waals surface area (Å²) >= 11 is 0. The average molecular weight is 365 g/mol. The predicted octanol–water partition coefficient (Wildman–Crippen LogP) is 1.54. The van der Waals surface area contributed by atoms with E-state index in [9.17, 15) is 18.8 Å². The second-order valence-corrected chi connectivity index (χ2v) is 6.81. The maximum atomic E-state index is 14.2. The lowest BCUT2D eigenvalue weighted by molar-refractivity contribution is -0.150. The molecular weight excluding hydrogens is 341 g/mol. The van der Waals surface area contributed by atoms with Crippen LogP contribution in [0, 0.1) is 5.92 Å². The fraction of sp³-hybridized carbons (Fsp3) is 0.500. The number of halogens is 1. The van der Waals surface area contributed by atoms with Gasteiger partial charge in [0.05, 0.1) is 6.54 Å². The van der Waals surface area contributed by atoms with Gasteiger partial charge < -0.3 is 20.6 Å². The zero-order valence-electron chi connectivity index (χ0n) is 14.9. The van der Waals surface area contributed by atoms with Crippen LogP contribution in [0.25, 0.3) is 0 Å². The number of amides is 3. The van der Waals surface area contributed by atoms with Gasteiger partial charge in [0.1, 0.15) is 6.04 Å². The molecule has 1 heterocycles. The molecule has 0 spiro atoms. The molecule has 1 aliphatic rings. The van der Waals surface area contributed by atoms with Gasteiger partial charge in [-0.25, -0.2) is 14.0 Å². The summed E-state index contributed by atoms with van der Waals surface area (Å²) in [5.41, 5.74) is -1.51. The van der Waals surface area contributed by atoms with E-state index in [4.69, 9.17) is 5.11 Å². The van der Waals surface area contributed by atoms with Crippen molar-refractivity contribution in [2.75, 3.05) is 13.1 Å². The summed E-state index contributed by atoms with van der Waals surface area (Å²) in [5.74, 6) is -2.28. The number of carbonyl (C=O) groups excluding carboxylic acids is 2. The quantitative estimate of drug-likeness (QED) is 0.712. The first-order valence-corrected chi connectivity index (χ1v) is 8.52. The molecule has 0 radical (unpaired) electrons. The molecule has 1 aliphatic heterocycles. The maximum Gasteiger partial charge on any atom is 0.343 e. The third-order valence-corrected chi connectivity index (χ3v) is 4.43. The van der Waals surface area contributed by atoms with Gasteiger partial charge in [0.15, 0.2) is 0 Å². The first kappa shape index (κ1) is 19.7. The molecule has 2 unspecified atom stereocenters. The van der Waals surface area contributed by atoms with E-state index in [0.717, 1.165) is 10.5 Å². The number of carbonyl (C=O) groups is 3. The zero-order valence-corrected chi connectivity index (χ0v) is 14.9. The van der Waals surface area contributed by atoms with E-state index in [-0.39, 0.29) is 18.9 Å². The number of nitrogens with zero attached hydrogens (tertiary/aromatic N) is 1.